The molecular weight excluding hydrogens is 253 g/mol. The van der Waals surface area contributed by atoms with Gasteiger partial charge in [0.05, 0.1) is 11.2 Å². The fraction of sp³-hybridized carbons (Fsp3) is 0.562. The number of benzene rings is 1. The van der Waals surface area contributed by atoms with E-state index >= 15 is 0 Å². The third-order valence-electron chi connectivity index (χ3n) is 3.60. The maximum atomic E-state index is 13.3. The molecule has 0 atom stereocenters. The van der Waals surface area contributed by atoms with Gasteiger partial charge in [-0.15, -0.1) is 0 Å². The summed E-state index contributed by atoms with van der Waals surface area (Å²) < 4.78 is 15.4. The summed E-state index contributed by atoms with van der Waals surface area (Å²) in [6.07, 6.45) is 4.36. The first-order valence-electron chi connectivity index (χ1n) is 7.41. The van der Waals surface area contributed by atoms with Crippen LogP contribution >= 0.6 is 0 Å². The van der Waals surface area contributed by atoms with Crippen molar-refractivity contribution in [3.63, 3.8) is 0 Å². The van der Waals surface area contributed by atoms with E-state index in [1.807, 2.05) is 10.7 Å². The summed E-state index contributed by atoms with van der Waals surface area (Å²) in [5.41, 5.74) is 2.05. The largest absolute Gasteiger partial charge is 0.309 e. The molecule has 0 unspecified atom stereocenters. The van der Waals surface area contributed by atoms with Gasteiger partial charge in [0.2, 0.25) is 0 Å². The van der Waals surface area contributed by atoms with Crippen LogP contribution in [0.2, 0.25) is 0 Å². The van der Waals surface area contributed by atoms with E-state index < -0.39 is 0 Å². The highest BCUT2D eigenvalue weighted by atomic mass is 19.1. The van der Waals surface area contributed by atoms with Crippen LogP contribution in [0.25, 0.3) is 10.9 Å². The monoisotopic (exact) mass is 277 g/mol. The molecule has 0 aliphatic heterocycles. The second-order valence-electron chi connectivity index (χ2n) is 5.55. The maximum Gasteiger partial charge on any atom is 0.124 e. The molecule has 4 heteroatoms. The van der Waals surface area contributed by atoms with Gasteiger partial charge in [0.25, 0.3) is 0 Å². The zero-order valence-corrected chi connectivity index (χ0v) is 12.7. The minimum absolute atomic E-state index is 0.183. The number of hydrogen-bond donors (Lipinski definition) is 0. The molecule has 3 nitrogen and oxygen atoms in total. The minimum Gasteiger partial charge on any atom is -0.309 e. The number of aryl methyl sites for hydroxylation is 2. The van der Waals surface area contributed by atoms with Crippen molar-refractivity contribution in [3.05, 3.63) is 29.7 Å². The molecule has 1 aromatic carbocycles. The summed E-state index contributed by atoms with van der Waals surface area (Å²) in [4.78, 5) is 2.21. The summed E-state index contributed by atoms with van der Waals surface area (Å²) in [5.74, 6) is -0.183. The van der Waals surface area contributed by atoms with E-state index in [1.165, 1.54) is 18.9 Å². The number of rotatable bonds is 7. The number of aromatic nitrogens is 2. The Morgan fingerprint density at radius 2 is 2.00 bits per heavy atom. The van der Waals surface area contributed by atoms with Crippen LogP contribution < -0.4 is 0 Å². The zero-order chi connectivity index (χ0) is 14.5. The van der Waals surface area contributed by atoms with E-state index in [9.17, 15) is 4.39 Å². The smallest absolute Gasteiger partial charge is 0.124 e. The van der Waals surface area contributed by atoms with Crippen LogP contribution in [0, 0.1) is 5.82 Å². The SMILES string of the molecule is CCc1nn(CCCCCN(C)C)c2ccc(F)cc12. The number of fused-ring (bicyclic) bond motifs is 1. The zero-order valence-electron chi connectivity index (χ0n) is 12.7. The lowest BCUT2D eigenvalue weighted by molar-refractivity contribution is 0.387. The van der Waals surface area contributed by atoms with Crippen molar-refractivity contribution < 1.29 is 4.39 Å². The molecule has 0 saturated carbocycles. The van der Waals surface area contributed by atoms with Crippen LogP contribution in [0.15, 0.2) is 18.2 Å². The third kappa shape index (κ3) is 3.57. The highest BCUT2D eigenvalue weighted by Crippen LogP contribution is 2.21. The first-order valence-corrected chi connectivity index (χ1v) is 7.41. The van der Waals surface area contributed by atoms with Crippen LogP contribution in [-0.4, -0.2) is 35.3 Å². The summed E-state index contributed by atoms with van der Waals surface area (Å²) in [6.45, 7) is 4.11. The normalized spacial score (nSPS) is 11.7. The van der Waals surface area contributed by atoms with E-state index in [0.29, 0.717) is 0 Å². The molecule has 0 N–H and O–H groups in total. The van der Waals surface area contributed by atoms with E-state index in [-0.39, 0.29) is 5.82 Å². The Morgan fingerprint density at radius 3 is 2.70 bits per heavy atom. The first-order chi connectivity index (χ1) is 9.61. The highest BCUT2D eigenvalue weighted by molar-refractivity contribution is 5.82. The standard InChI is InChI=1S/C16H24FN3/c1-4-15-14-12-13(17)8-9-16(14)20(18-15)11-7-5-6-10-19(2)3/h8-9,12H,4-7,10-11H2,1-3H3. The Kier molecular flexibility index (Phi) is 5.12. The predicted octanol–water partition coefficient (Wildman–Crippen LogP) is 3.47. The third-order valence-corrected chi connectivity index (χ3v) is 3.60. The van der Waals surface area contributed by atoms with Crippen molar-refractivity contribution >= 4 is 10.9 Å². The van der Waals surface area contributed by atoms with Crippen LogP contribution in [0.1, 0.15) is 31.9 Å². The molecule has 0 bridgehead atoms. The Balaban J connectivity index is 2.03. The van der Waals surface area contributed by atoms with Gasteiger partial charge in [0.1, 0.15) is 5.82 Å². The molecular formula is C16H24FN3. The van der Waals surface area contributed by atoms with Gasteiger partial charge >= 0.3 is 0 Å². The van der Waals surface area contributed by atoms with Gasteiger partial charge in [-0.2, -0.15) is 5.10 Å². The summed E-state index contributed by atoms with van der Waals surface area (Å²) in [5, 5.41) is 5.58. The van der Waals surface area contributed by atoms with Crippen molar-refractivity contribution in [2.24, 2.45) is 0 Å². The molecule has 2 aromatic rings. The highest BCUT2D eigenvalue weighted by Gasteiger charge is 2.09. The second kappa shape index (κ2) is 6.84. The first kappa shape index (κ1) is 15.0. The molecule has 0 fully saturated rings. The van der Waals surface area contributed by atoms with Crippen LogP contribution in [0.3, 0.4) is 0 Å². The molecule has 20 heavy (non-hydrogen) atoms. The Bertz CT molecular complexity index is 560. The van der Waals surface area contributed by atoms with Crippen LogP contribution in [0.5, 0.6) is 0 Å². The maximum absolute atomic E-state index is 13.3. The molecule has 0 aliphatic rings. The number of hydrogen-bond acceptors (Lipinski definition) is 2. The Hall–Kier alpha value is -1.42. The topological polar surface area (TPSA) is 21.1 Å². The predicted molar refractivity (Wildman–Crippen MR) is 81.5 cm³/mol. The van der Waals surface area contributed by atoms with Gasteiger partial charge in [0, 0.05) is 11.9 Å². The van der Waals surface area contributed by atoms with Crippen molar-refractivity contribution in [3.8, 4) is 0 Å². The quantitative estimate of drug-likeness (QED) is 0.723. The molecule has 1 aromatic heterocycles. The van der Waals surface area contributed by atoms with E-state index in [1.54, 1.807) is 6.07 Å². The van der Waals surface area contributed by atoms with Crippen molar-refractivity contribution in [1.82, 2.24) is 14.7 Å². The van der Waals surface area contributed by atoms with E-state index in [0.717, 1.165) is 42.5 Å². The number of unbranched alkanes of at least 4 members (excludes halogenated alkanes) is 2. The summed E-state index contributed by atoms with van der Waals surface area (Å²) in [6, 6.07) is 4.96. The summed E-state index contributed by atoms with van der Waals surface area (Å²) >= 11 is 0. The average molecular weight is 277 g/mol. The Labute approximate surface area is 120 Å². The van der Waals surface area contributed by atoms with Gasteiger partial charge < -0.3 is 4.90 Å². The van der Waals surface area contributed by atoms with Gasteiger partial charge in [-0.3, -0.25) is 4.68 Å². The molecule has 0 radical (unpaired) electrons. The fourth-order valence-corrected chi connectivity index (χ4v) is 2.52. The lowest BCUT2D eigenvalue weighted by atomic mass is 10.2. The lowest BCUT2D eigenvalue weighted by Crippen LogP contribution is -2.13. The summed E-state index contributed by atoms with van der Waals surface area (Å²) in [7, 11) is 4.20. The minimum atomic E-state index is -0.183. The van der Waals surface area contributed by atoms with Crippen molar-refractivity contribution in [2.45, 2.75) is 39.2 Å². The molecule has 0 aliphatic carbocycles. The fourth-order valence-electron chi connectivity index (χ4n) is 2.52. The van der Waals surface area contributed by atoms with Gasteiger partial charge in [-0.05, 0) is 58.1 Å². The van der Waals surface area contributed by atoms with E-state index in [2.05, 4.69) is 31.0 Å². The van der Waals surface area contributed by atoms with Crippen LogP contribution in [-0.2, 0) is 13.0 Å². The van der Waals surface area contributed by atoms with Gasteiger partial charge in [0.15, 0.2) is 0 Å². The van der Waals surface area contributed by atoms with Gasteiger partial charge in [-0.25, -0.2) is 4.39 Å². The Morgan fingerprint density at radius 1 is 1.20 bits per heavy atom. The molecule has 0 saturated heterocycles. The average Bonchev–Trinajstić information content (AvgIpc) is 2.75. The molecule has 110 valence electrons. The van der Waals surface area contributed by atoms with E-state index in [4.69, 9.17) is 0 Å². The molecule has 0 spiro atoms. The van der Waals surface area contributed by atoms with Gasteiger partial charge in [-0.1, -0.05) is 13.3 Å². The van der Waals surface area contributed by atoms with Crippen molar-refractivity contribution in [1.29, 1.82) is 0 Å². The van der Waals surface area contributed by atoms with Crippen molar-refractivity contribution in [2.75, 3.05) is 20.6 Å². The molecule has 1 heterocycles. The molecule has 2 rings (SSSR count). The van der Waals surface area contributed by atoms with Crippen LogP contribution in [0.4, 0.5) is 4.39 Å². The second-order valence-corrected chi connectivity index (χ2v) is 5.55. The number of nitrogens with zero attached hydrogens (tertiary/aromatic N) is 3. The number of halogens is 1. The molecule has 0 amide bonds. The lowest BCUT2D eigenvalue weighted by Gasteiger charge is -2.09.